The normalized spacial score (nSPS) is 15.3. The van der Waals surface area contributed by atoms with E-state index in [1.807, 2.05) is 6.92 Å². The summed E-state index contributed by atoms with van der Waals surface area (Å²) < 4.78 is 35.0. The Kier molecular flexibility index (Phi) is 6.55. The molecule has 1 heterocycles. The molecule has 1 aliphatic heterocycles. The van der Waals surface area contributed by atoms with Gasteiger partial charge in [0.1, 0.15) is 5.60 Å². The highest BCUT2D eigenvalue weighted by atomic mass is 32.2. The number of hydrogen-bond donors (Lipinski definition) is 0. The number of para-hydroxylation sites is 2. The maximum atomic E-state index is 14.1. The van der Waals surface area contributed by atoms with Crippen LogP contribution in [0.5, 0.6) is 0 Å². The number of hydrogen-bond acceptors (Lipinski definition) is 6. The Morgan fingerprint density at radius 3 is 2.08 bits per heavy atom. The van der Waals surface area contributed by atoms with E-state index < -0.39 is 32.8 Å². The Balaban J connectivity index is 1.91. The number of sulfonamides is 1. The van der Waals surface area contributed by atoms with Crippen molar-refractivity contribution >= 4 is 38.8 Å². The summed E-state index contributed by atoms with van der Waals surface area (Å²) in [6.45, 7) is 11.1. The molecule has 0 saturated carbocycles. The lowest BCUT2D eigenvalue weighted by atomic mass is 10.0. The fraction of sp³-hybridized carbons (Fsp3) is 0.222. The molecule has 9 nitrogen and oxygen atoms in total. The van der Waals surface area contributed by atoms with Crippen LogP contribution >= 0.6 is 0 Å². The molecule has 1 atom stereocenters. The highest BCUT2D eigenvalue weighted by molar-refractivity contribution is 7.93. The van der Waals surface area contributed by atoms with E-state index in [9.17, 15) is 23.3 Å². The number of carbonyl (C=O) groups excluding carboxylic acids is 1. The van der Waals surface area contributed by atoms with Gasteiger partial charge in [-0.15, -0.1) is 0 Å². The van der Waals surface area contributed by atoms with E-state index in [0.717, 1.165) is 9.87 Å². The number of carbonyl (C=O) groups is 1. The van der Waals surface area contributed by atoms with Crippen LogP contribution in [-0.2, 0) is 14.8 Å². The highest BCUT2D eigenvalue weighted by Crippen LogP contribution is 2.47. The molecule has 10 heteroatoms. The van der Waals surface area contributed by atoms with Crippen molar-refractivity contribution in [3.05, 3.63) is 101 Å². The lowest BCUT2D eigenvalue weighted by Gasteiger charge is -2.33. The van der Waals surface area contributed by atoms with Crippen LogP contribution in [0, 0.1) is 17.0 Å². The summed E-state index contributed by atoms with van der Waals surface area (Å²) in [6.07, 6.45) is -1.98. The zero-order chi connectivity index (χ0) is 27.1. The Morgan fingerprint density at radius 1 is 0.973 bits per heavy atom. The Bertz CT molecular complexity index is 1480. The minimum atomic E-state index is -4.19. The van der Waals surface area contributed by atoms with Crippen molar-refractivity contribution < 1.29 is 22.9 Å². The van der Waals surface area contributed by atoms with Gasteiger partial charge in [0.05, 0.1) is 21.2 Å². The van der Waals surface area contributed by atoms with Gasteiger partial charge in [-0.05, 0) is 75.2 Å². The van der Waals surface area contributed by atoms with Gasteiger partial charge in [-0.3, -0.25) is 10.1 Å². The Labute approximate surface area is 215 Å². The molecule has 0 aromatic heterocycles. The van der Waals surface area contributed by atoms with Crippen LogP contribution in [0.2, 0.25) is 0 Å². The quantitative estimate of drug-likeness (QED) is 0.306. The molecule has 0 saturated heterocycles. The van der Waals surface area contributed by atoms with Gasteiger partial charge in [-0.2, -0.15) is 0 Å². The minimum absolute atomic E-state index is 0.0421. The largest absolute Gasteiger partial charge is 0.443 e. The number of benzene rings is 3. The molecule has 1 amide bonds. The maximum Gasteiger partial charge on any atom is 0.416 e. The number of nitro benzene ring substituents is 1. The van der Waals surface area contributed by atoms with Gasteiger partial charge in [0, 0.05) is 12.1 Å². The molecule has 37 heavy (non-hydrogen) atoms. The lowest BCUT2D eigenvalue weighted by molar-refractivity contribution is -0.384. The molecule has 0 radical (unpaired) electrons. The molecule has 0 bridgehead atoms. The molecule has 0 spiro atoms. The third-order valence-corrected chi connectivity index (χ3v) is 7.56. The van der Waals surface area contributed by atoms with E-state index in [1.165, 1.54) is 41.3 Å². The van der Waals surface area contributed by atoms with Gasteiger partial charge in [0.15, 0.2) is 6.17 Å². The number of anilines is 2. The van der Waals surface area contributed by atoms with Gasteiger partial charge in [-0.1, -0.05) is 36.4 Å². The van der Waals surface area contributed by atoms with Crippen LogP contribution in [0.1, 0.15) is 31.9 Å². The van der Waals surface area contributed by atoms with Crippen LogP contribution in [0.25, 0.3) is 5.57 Å². The zero-order valence-corrected chi connectivity index (χ0v) is 21.7. The van der Waals surface area contributed by atoms with E-state index in [1.54, 1.807) is 57.2 Å². The molecule has 0 aliphatic carbocycles. The first-order valence-corrected chi connectivity index (χ1v) is 12.9. The average molecular weight is 522 g/mol. The SMILES string of the molecule is C=C(c1ccc([N+](=O)[O-])cc1)C1N(C(=O)OC(C)(C)C)c2ccccc2N1S(=O)(=O)c1ccc(C)cc1. The van der Waals surface area contributed by atoms with Crippen molar-refractivity contribution in [3.63, 3.8) is 0 Å². The molecule has 0 fully saturated rings. The predicted octanol–water partition coefficient (Wildman–Crippen LogP) is 5.89. The van der Waals surface area contributed by atoms with Crippen LogP contribution in [0.4, 0.5) is 21.9 Å². The molecule has 4 rings (SSSR count). The molecule has 192 valence electrons. The first kappa shape index (κ1) is 25.9. The minimum Gasteiger partial charge on any atom is -0.443 e. The molecular weight excluding hydrogens is 494 g/mol. The topological polar surface area (TPSA) is 110 Å². The number of aryl methyl sites for hydroxylation is 1. The van der Waals surface area contributed by atoms with Crippen LogP contribution < -0.4 is 9.21 Å². The number of rotatable bonds is 5. The van der Waals surface area contributed by atoms with Crippen molar-refractivity contribution in [2.24, 2.45) is 0 Å². The molecule has 1 unspecified atom stereocenters. The second-order valence-electron chi connectivity index (χ2n) is 9.66. The molecule has 3 aromatic carbocycles. The van der Waals surface area contributed by atoms with Crippen molar-refractivity contribution in [2.45, 2.75) is 44.4 Å². The summed E-state index contributed by atoms with van der Waals surface area (Å²) in [5.41, 5.74) is 1.20. The Morgan fingerprint density at radius 2 is 1.54 bits per heavy atom. The fourth-order valence-electron chi connectivity index (χ4n) is 4.06. The molecular formula is C27H27N3O6S. The molecule has 0 N–H and O–H groups in total. The first-order chi connectivity index (χ1) is 17.3. The smallest absolute Gasteiger partial charge is 0.416 e. The summed E-state index contributed by atoms with van der Waals surface area (Å²) in [5, 5.41) is 11.2. The standard InChI is InChI=1S/C27H27N3O6S/c1-18-10-16-22(17-11-18)37(34,35)29-24-9-7-6-8-23(24)28(26(31)36-27(3,4)5)25(29)19(2)20-12-14-21(15-13-20)30(32)33/h6-17,25H,2H2,1,3-5H3. The zero-order valence-electron chi connectivity index (χ0n) is 20.9. The number of fused-ring (bicyclic) bond motifs is 1. The van der Waals surface area contributed by atoms with E-state index in [0.29, 0.717) is 11.3 Å². The molecule has 1 aliphatic rings. The van der Waals surface area contributed by atoms with Crippen LogP contribution in [0.3, 0.4) is 0 Å². The summed E-state index contributed by atoms with van der Waals surface area (Å²) in [5.74, 6) is 0. The first-order valence-electron chi connectivity index (χ1n) is 11.5. The second-order valence-corrected chi connectivity index (χ2v) is 11.5. The fourth-order valence-corrected chi connectivity index (χ4v) is 5.67. The Hall–Kier alpha value is -4.18. The predicted molar refractivity (Wildman–Crippen MR) is 142 cm³/mol. The number of amides is 1. The van der Waals surface area contributed by atoms with Crippen molar-refractivity contribution in [1.82, 2.24) is 0 Å². The lowest BCUT2D eigenvalue weighted by Crippen LogP contribution is -2.50. The monoisotopic (exact) mass is 521 g/mol. The average Bonchev–Trinajstić information content (AvgIpc) is 3.19. The summed E-state index contributed by atoms with van der Waals surface area (Å²) in [7, 11) is -4.19. The van der Waals surface area contributed by atoms with Crippen molar-refractivity contribution in [1.29, 1.82) is 0 Å². The van der Waals surface area contributed by atoms with E-state index in [4.69, 9.17) is 4.74 Å². The van der Waals surface area contributed by atoms with Gasteiger partial charge >= 0.3 is 6.09 Å². The van der Waals surface area contributed by atoms with Gasteiger partial charge in [-0.25, -0.2) is 22.4 Å². The van der Waals surface area contributed by atoms with E-state index in [2.05, 4.69) is 6.58 Å². The highest BCUT2D eigenvalue weighted by Gasteiger charge is 2.48. The van der Waals surface area contributed by atoms with E-state index >= 15 is 0 Å². The van der Waals surface area contributed by atoms with Gasteiger partial charge < -0.3 is 4.74 Å². The maximum absolute atomic E-state index is 14.1. The van der Waals surface area contributed by atoms with Gasteiger partial charge in [0.2, 0.25) is 0 Å². The molecule has 3 aromatic rings. The van der Waals surface area contributed by atoms with E-state index in [-0.39, 0.29) is 21.8 Å². The summed E-state index contributed by atoms with van der Waals surface area (Å²) in [4.78, 5) is 25.4. The summed E-state index contributed by atoms with van der Waals surface area (Å²) in [6, 6.07) is 18.6. The van der Waals surface area contributed by atoms with Crippen molar-refractivity contribution in [2.75, 3.05) is 9.21 Å². The number of nitro groups is 1. The third kappa shape index (κ3) is 4.92. The van der Waals surface area contributed by atoms with Crippen LogP contribution in [-0.4, -0.2) is 31.2 Å². The number of nitrogens with zero attached hydrogens (tertiary/aromatic N) is 3. The number of ether oxygens (including phenoxy) is 1. The third-order valence-electron chi connectivity index (χ3n) is 5.77. The van der Waals surface area contributed by atoms with Crippen molar-refractivity contribution in [3.8, 4) is 0 Å². The number of non-ortho nitro benzene ring substituents is 1. The van der Waals surface area contributed by atoms with Crippen LogP contribution in [0.15, 0.2) is 84.3 Å². The van der Waals surface area contributed by atoms with Gasteiger partial charge in [0.25, 0.3) is 15.7 Å². The summed E-state index contributed by atoms with van der Waals surface area (Å²) >= 11 is 0. The second kappa shape index (κ2) is 9.36.